The summed E-state index contributed by atoms with van der Waals surface area (Å²) >= 11 is 8.89. The molecule has 0 saturated carbocycles. The highest BCUT2D eigenvalue weighted by molar-refractivity contribution is 8.00. The third kappa shape index (κ3) is 5.23. The molecule has 1 amide bonds. The van der Waals surface area contributed by atoms with Crippen LogP contribution >= 0.6 is 34.7 Å². The van der Waals surface area contributed by atoms with Gasteiger partial charge in [-0.2, -0.15) is 0 Å². The number of thioether (sulfide) groups is 1. The first kappa shape index (κ1) is 27.1. The van der Waals surface area contributed by atoms with E-state index in [0.29, 0.717) is 56.7 Å². The zero-order valence-electron chi connectivity index (χ0n) is 21.6. The minimum atomic E-state index is -0.955. The number of hydrogen-bond donors (Lipinski definition) is 1. The first-order chi connectivity index (χ1) is 19.9. The fourth-order valence-corrected chi connectivity index (χ4v) is 6.74. The fourth-order valence-electron chi connectivity index (χ4n) is 4.59. The van der Waals surface area contributed by atoms with Gasteiger partial charge in [-0.3, -0.25) is 14.5 Å². The highest BCUT2D eigenvalue weighted by Crippen LogP contribution is 2.45. The van der Waals surface area contributed by atoms with Gasteiger partial charge >= 0.3 is 5.91 Å². The second-order valence-electron chi connectivity index (χ2n) is 9.03. The van der Waals surface area contributed by atoms with E-state index in [0.717, 1.165) is 5.56 Å². The normalized spacial score (nSPS) is 17.6. The topological polar surface area (TPSA) is 111 Å². The monoisotopic (exact) mass is 607 g/mol. The minimum absolute atomic E-state index is 0.0719. The van der Waals surface area contributed by atoms with Gasteiger partial charge in [0.1, 0.15) is 24.7 Å². The molecule has 2 aliphatic heterocycles. The summed E-state index contributed by atoms with van der Waals surface area (Å²) in [6.07, 6.45) is 0. The summed E-state index contributed by atoms with van der Waals surface area (Å²) in [6, 6.07) is 18.4. The van der Waals surface area contributed by atoms with Crippen molar-refractivity contribution in [1.82, 2.24) is 10.2 Å². The summed E-state index contributed by atoms with van der Waals surface area (Å²) in [6.45, 7) is 0.781. The molecule has 208 valence electrons. The Labute approximate surface area is 248 Å². The molecule has 1 aromatic heterocycles. The molecule has 9 nitrogen and oxygen atoms in total. The Kier molecular flexibility index (Phi) is 7.57. The maximum Gasteiger partial charge on any atom is 0.301 e. The van der Waals surface area contributed by atoms with Crippen LogP contribution in [-0.2, 0) is 15.3 Å². The number of amides is 1. The molecule has 0 radical (unpaired) electrons. The van der Waals surface area contributed by atoms with Gasteiger partial charge in [0.2, 0.25) is 5.13 Å². The smallest absolute Gasteiger partial charge is 0.301 e. The molecule has 1 saturated heterocycles. The van der Waals surface area contributed by atoms with E-state index in [1.807, 2.05) is 24.3 Å². The molecule has 4 aromatic rings. The van der Waals surface area contributed by atoms with Crippen LogP contribution in [0.5, 0.6) is 17.2 Å². The Morgan fingerprint density at radius 3 is 2.59 bits per heavy atom. The van der Waals surface area contributed by atoms with Crippen LogP contribution in [-0.4, -0.2) is 47.3 Å². The Hall–Kier alpha value is -4.06. The van der Waals surface area contributed by atoms with Crippen molar-refractivity contribution in [2.24, 2.45) is 0 Å². The van der Waals surface area contributed by atoms with E-state index in [9.17, 15) is 14.7 Å². The van der Waals surface area contributed by atoms with Crippen molar-refractivity contribution in [3.63, 3.8) is 0 Å². The van der Waals surface area contributed by atoms with Gasteiger partial charge in [-0.15, -0.1) is 10.2 Å². The number of hydrogen-bond acceptors (Lipinski definition) is 10. The molecule has 1 N–H and O–H groups in total. The number of ether oxygens (including phenoxy) is 3. The van der Waals surface area contributed by atoms with Gasteiger partial charge < -0.3 is 19.3 Å². The summed E-state index contributed by atoms with van der Waals surface area (Å²) in [5.74, 6) is 0.158. The van der Waals surface area contributed by atoms with Crippen LogP contribution < -0.4 is 19.1 Å². The molecule has 3 heterocycles. The van der Waals surface area contributed by atoms with Gasteiger partial charge in [0.05, 0.1) is 18.7 Å². The van der Waals surface area contributed by atoms with Crippen molar-refractivity contribution in [3.8, 4) is 17.2 Å². The number of ketones is 1. The molecule has 3 aromatic carbocycles. The number of fused-ring (bicyclic) bond motifs is 1. The van der Waals surface area contributed by atoms with Crippen LogP contribution in [0, 0.1) is 0 Å². The van der Waals surface area contributed by atoms with E-state index in [2.05, 4.69) is 10.2 Å². The summed E-state index contributed by atoms with van der Waals surface area (Å²) < 4.78 is 17.1. The number of aliphatic hydroxyl groups is 1. The molecule has 41 heavy (non-hydrogen) atoms. The number of anilines is 1. The molecule has 1 fully saturated rings. The SMILES string of the molecule is COc1ccc(C2/C(=C(\O)c3ccc4c(c3)OCCO4)C(=O)C(=O)N2c2nnc(SCc3ccccc3Cl)s2)cc1. The number of methoxy groups -OCH3 is 1. The lowest BCUT2D eigenvalue weighted by Crippen LogP contribution is -2.29. The summed E-state index contributed by atoms with van der Waals surface area (Å²) in [5, 5.41) is 20.8. The number of Topliss-reactive ketones (excluding diaryl/α,β-unsaturated/α-hetero) is 1. The molecular weight excluding hydrogens is 586 g/mol. The molecule has 0 bridgehead atoms. The Bertz CT molecular complexity index is 1670. The van der Waals surface area contributed by atoms with Crippen LogP contribution in [0.15, 0.2) is 76.6 Å². The number of carbonyl (C=O) groups excluding carboxylic acids is 2. The van der Waals surface area contributed by atoms with E-state index < -0.39 is 17.7 Å². The lowest BCUT2D eigenvalue weighted by Gasteiger charge is -2.23. The average molecular weight is 608 g/mol. The maximum absolute atomic E-state index is 13.5. The fraction of sp³-hybridized carbons (Fsp3) is 0.172. The quantitative estimate of drug-likeness (QED) is 0.0903. The molecule has 12 heteroatoms. The number of carbonyl (C=O) groups is 2. The second-order valence-corrected chi connectivity index (χ2v) is 11.6. The predicted molar refractivity (Wildman–Crippen MR) is 156 cm³/mol. The van der Waals surface area contributed by atoms with E-state index in [1.165, 1.54) is 28.0 Å². The third-order valence-corrected chi connectivity index (χ3v) is 9.08. The van der Waals surface area contributed by atoms with Gasteiger partial charge in [0.25, 0.3) is 5.78 Å². The second kappa shape index (κ2) is 11.4. The van der Waals surface area contributed by atoms with Crippen LogP contribution in [0.3, 0.4) is 0 Å². The molecule has 0 spiro atoms. The van der Waals surface area contributed by atoms with Gasteiger partial charge in [0, 0.05) is 16.3 Å². The lowest BCUT2D eigenvalue weighted by atomic mass is 9.95. The summed E-state index contributed by atoms with van der Waals surface area (Å²) in [5.41, 5.74) is 1.77. The minimum Gasteiger partial charge on any atom is -0.507 e. The largest absolute Gasteiger partial charge is 0.507 e. The van der Waals surface area contributed by atoms with Gasteiger partial charge in [0.15, 0.2) is 15.8 Å². The highest BCUT2D eigenvalue weighted by atomic mass is 35.5. The molecule has 6 rings (SSSR count). The van der Waals surface area contributed by atoms with Crippen molar-refractivity contribution >= 4 is 57.3 Å². The van der Waals surface area contributed by atoms with Crippen molar-refractivity contribution in [2.45, 2.75) is 16.1 Å². The van der Waals surface area contributed by atoms with Gasteiger partial charge in [-0.25, -0.2) is 0 Å². The molecule has 0 aliphatic carbocycles. The van der Waals surface area contributed by atoms with E-state index in [4.69, 9.17) is 25.8 Å². The number of aromatic nitrogens is 2. The van der Waals surface area contributed by atoms with E-state index in [1.54, 1.807) is 49.6 Å². The van der Waals surface area contributed by atoms with Crippen LogP contribution in [0.25, 0.3) is 5.76 Å². The van der Waals surface area contributed by atoms with Crippen LogP contribution in [0.4, 0.5) is 5.13 Å². The zero-order chi connectivity index (χ0) is 28.5. The Balaban J connectivity index is 1.39. The lowest BCUT2D eigenvalue weighted by molar-refractivity contribution is -0.132. The average Bonchev–Trinajstić information content (AvgIpc) is 3.58. The first-order valence-corrected chi connectivity index (χ1v) is 14.7. The van der Waals surface area contributed by atoms with Crippen molar-refractivity contribution in [2.75, 3.05) is 25.2 Å². The van der Waals surface area contributed by atoms with Crippen LogP contribution in [0.2, 0.25) is 5.02 Å². The summed E-state index contributed by atoms with van der Waals surface area (Å²) in [7, 11) is 1.55. The highest BCUT2D eigenvalue weighted by Gasteiger charge is 2.48. The van der Waals surface area contributed by atoms with Gasteiger partial charge in [-0.1, -0.05) is 65.0 Å². The Morgan fingerprint density at radius 1 is 1.07 bits per heavy atom. The number of aliphatic hydroxyl groups excluding tert-OH is 1. The van der Waals surface area contributed by atoms with E-state index in [-0.39, 0.29) is 16.5 Å². The van der Waals surface area contributed by atoms with Crippen LogP contribution in [0.1, 0.15) is 22.7 Å². The third-order valence-electron chi connectivity index (χ3n) is 6.60. The van der Waals surface area contributed by atoms with E-state index >= 15 is 0 Å². The molecule has 1 atom stereocenters. The molecule has 1 unspecified atom stereocenters. The number of benzene rings is 3. The zero-order valence-corrected chi connectivity index (χ0v) is 24.0. The molecule has 2 aliphatic rings. The predicted octanol–water partition coefficient (Wildman–Crippen LogP) is 5.89. The van der Waals surface area contributed by atoms with Gasteiger partial charge in [-0.05, 0) is 47.5 Å². The standard InChI is InChI=1S/C29H22ClN3O6S2/c1-37-19-9-6-16(7-10-19)24-23(25(34)17-8-11-21-22(14-17)39-13-12-38-21)26(35)27(36)33(24)28-31-32-29(41-28)40-15-18-4-2-3-5-20(18)30/h2-11,14,24,34H,12-13,15H2,1H3/b25-23+. The number of rotatable bonds is 7. The summed E-state index contributed by atoms with van der Waals surface area (Å²) in [4.78, 5) is 28.3. The van der Waals surface area contributed by atoms with Crippen molar-refractivity contribution in [1.29, 1.82) is 0 Å². The first-order valence-electron chi connectivity index (χ1n) is 12.5. The Morgan fingerprint density at radius 2 is 1.83 bits per heavy atom. The molecular formula is C29H22ClN3O6S2. The number of halogens is 1. The number of nitrogens with zero attached hydrogens (tertiary/aromatic N) is 3. The van der Waals surface area contributed by atoms with Crippen molar-refractivity contribution in [3.05, 3.63) is 94.0 Å². The maximum atomic E-state index is 13.5. The van der Waals surface area contributed by atoms with Crippen molar-refractivity contribution < 1.29 is 28.9 Å².